The van der Waals surface area contributed by atoms with Gasteiger partial charge < -0.3 is 0 Å². The Morgan fingerprint density at radius 1 is 1.08 bits per heavy atom. The quantitative estimate of drug-likeness (QED) is 0.762. The van der Waals surface area contributed by atoms with Gasteiger partial charge >= 0.3 is 0 Å². The van der Waals surface area contributed by atoms with Gasteiger partial charge in [-0.05, 0) is 55.2 Å². The number of halogens is 2. The predicted molar refractivity (Wildman–Crippen MR) is 90.9 cm³/mol. The van der Waals surface area contributed by atoms with Gasteiger partial charge in [0.05, 0.1) is 11.0 Å². The molecule has 0 bridgehead atoms. The summed E-state index contributed by atoms with van der Waals surface area (Å²) in [6.07, 6.45) is 0.191. The molecule has 0 saturated heterocycles. The largest absolute Gasteiger partial charge is 0.297 e. The van der Waals surface area contributed by atoms with E-state index >= 15 is 0 Å². The van der Waals surface area contributed by atoms with Crippen LogP contribution in [0.2, 0.25) is 0 Å². The van der Waals surface area contributed by atoms with Gasteiger partial charge in [-0.3, -0.25) is 4.18 Å². The summed E-state index contributed by atoms with van der Waals surface area (Å²) in [6, 6.07) is 8.76. The zero-order valence-corrected chi connectivity index (χ0v) is 15.2. The minimum absolute atomic E-state index is 0.0879. The zero-order valence-electron chi connectivity index (χ0n) is 14.3. The highest BCUT2D eigenvalue weighted by Crippen LogP contribution is 2.40. The standard InChI is InChI=1S/C19H20F2O3S/c1-12-4-7-14(8-5-12)25(22,23)24-18-9-6-13-10-16(20)17(21)11-15(13)19(18,2)3/h4-5,7-8,10-11,18H,6,9H2,1-3H3. The molecule has 1 aliphatic carbocycles. The minimum atomic E-state index is -3.94. The minimum Gasteiger partial charge on any atom is -0.262 e. The van der Waals surface area contributed by atoms with Crippen LogP contribution < -0.4 is 0 Å². The Hall–Kier alpha value is -1.79. The third-order valence-electron chi connectivity index (χ3n) is 4.87. The second-order valence-electron chi connectivity index (χ2n) is 7.04. The van der Waals surface area contributed by atoms with Crippen molar-refractivity contribution in [2.45, 2.75) is 50.0 Å². The van der Waals surface area contributed by atoms with Crippen molar-refractivity contribution in [3.05, 3.63) is 64.7 Å². The van der Waals surface area contributed by atoms with E-state index in [2.05, 4.69) is 0 Å². The maximum atomic E-state index is 13.7. The normalized spacial score (nSPS) is 19.5. The molecule has 0 fully saturated rings. The van der Waals surface area contributed by atoms with Crippen LogP contribution in [0, 0.1) is 18.6 Å². The van der Waals surface area contributed by atoms with Gasteiger partial charge in [0.25, 0.3) is 10.1 Å². The molecule has 1 atom stereocenters. The molecule has 0 aliphatic heterocycles. The van der Waals surface area contributed by atoms with Gasteiger partial charge in [-0.1, -0.05) is 31.5 Å². The number of rotatable bonds is 3. The fraction of sp³-hybridized carbons (Fsp3) is 0.368. The van der Waals surface area contributed by atoms with Crippen LogP contribution in [-0.4, -0.2) is 14.5 Å². The molecule has 0 spiro atoms. The molecule has 0 radical (unpaired) electrons. The van der Waals surface area contributed by atoms with Gasteiger partial charge in [0.2, 0.25) is 0 Å². The summed E-state index contributed by atoms with van der Waals surface area (Å²) in [7, 11) is -3.94. The Morgan fingerprint density at radius 3 is 2.32 bits per heavy atom. The van der Waals surface area contributed by atoms with Gasteiger partial charge in [0.15, 0.2) is 11.6 Å². The molecule has 1 unspecified atom stereocenters. The van der Waals surface area contributed by atoms with Gasteiger partial charge in [0, 0.05) is 5.41 Å². The monoisotopic (exact) mass is 366 g/mol. The smallest absolute Gasteiger partial charge is 0.262 e. The molecule has 3 nitrogen and oxygen atoms in total. The highest BCUT2D eigenvalue weighted by atomic mass is 32.2. The van der Waals surface area contributed by atoms with E-state index in [0.29, 0.717) is 24.0 Å². The molecule has 0 aromatic heterocycles. The SMILES string of the molecule is Cc1ccc(S(=O)(=O)OC2CCc3cc(F)c(F)cc3C2(C)C)cc1. The van der Waals surface area contributed by atoms with Crippen LogP contribution in [0.5, 0.6) is 0 Å². The molecular formula is C19H20F2O3S. The molecule has 25 heavy (non-hydrogen) atoms. The molecule has 2 aromatic rings. The first-order valence-electron chi connectivity index (χ1n) is 8.09. The summed E-state index contributed by atoms with van der Waals surface area (Å²) in [5.41, 5.74) is 1.46. The average molecular weight is 366 g/mol. The molecule has 134 valence electrons. The number of benzene rings is 2. The summed E-state index contributed by atoms with van der Waals surface area (Å²) >= 11 is 0. The number of fused-ring (bicyclic) bond motifs is 1. The number of hydrogen-bond donors (Lipinski definition) is 0. The van der Waals surface area contributed by atoms with Crippen molar-refractivity contribution in [1.29, 1.82) is 0 Å². The van der Waals surface area contributed by atoms with Crippen LogP contribution in [-0.2, 0) is 26.1 Å². The first-order valence-corrected chi connectivity index (χ1v) is 9.50. The van der Waals surface area contributed by atoms with Gasteiger partial charge in [-0.2, -0.15) is 8.42 Å². The van der Waals surface area contributed by atoms with E-state index in [9.17, 15) is 17.2 Å². The lowest BCUT2D eigenvalue weighted by Gasteiger charge is -2.39. The molecule has 3 rings (SSSR count). The molecule has 0 amide bonds. The maximum absolute atomic E-state index is 13.7. The number of aryl methyl sites for hydroxylation is 2. The summed E-state index contributed by atoms with van der Waals surface area (Å²) in [5.74, 6) is -1.82. The summed E-state index contributed by atoms with van der Waals surface area (Å²) in [6.45, 7) is 5.45. The van der Waals surface area contributed by atoms with Gasteiger partial charge in [0.1, 0.15) is 0 Å². The van der Waals surface area contributed by atoms with Crippen molar-refractivity contribution in [1.82, 2.24) is 0 Å². The van der Waals surface area contributed by atoms with E-state index in [-0.39, 0.29) is 4.90 Å². The fourth-order valence-corrected chi connectivity index (χ4v) is 4.52. The Kier molecular flexibility index (Phi) is 4.45. The van der Waals surface area contributed by atoms with E-state index in [1.807, 2.05) is 6.92 Å². The van der Waals surface area contributed by atoms with Gasteiger partial charge in [-0.15, -0.1) is 0 Å². The lowest BCUT2D eigenvalue weighted by Crippen LogP contribution is -2.41. The van der Waals surface area contributed by atoms with Crippen LogP contribution in [0.1, 0.15) is 37.0 Å². The van der Waals surface area contributed by atoms with Crippen molar-refractivity contribution < 1.29 is 21.4 Å². The Bertz CT molecular complexity index is 903. The molecule has 2 aromatic carbocycles. The van der Waals surface area contributed by atoms with E-state index in [1.54, 1.807) is 26.0 Å². The van der Waals surface area contributed by atoms with Crippen molar-refractivity contribution >= 4 is 10.1 Å². The number of hydrogen-bond acceptors (Lipinski definition) is 3. The zero-order chi connectivity index (χ0) is 18.4. The van der Waals surface area contributed by atoms with E-state index in [1.165, 1.54) is 18.2 Å². The molecule has 6 heteroatoms. The van der Waals surface area contributed by atoms with Crippen molar-refractivity contribution in [3.8, 4) is 0 Å². The van der Waals surface area contributed by atoms with Crippen molar-refractivity contribution in [2.24, 2.45) is 0 Å². The topological polar surface area (TPSA) is 43.4 Å². The average Bonchev–Trinajstić information content (AvgIpc) is 2.53. The van der Waals surface area contributed by atoms with E-state index in [0.717, 1.165) is 11.6 Å². The molecule has 0 saturated carbocycles. The van der Waals surface area contributed by atoms with Crippen LogP contribution in [0.25, 0.3) is 0 Å². The van der Waals surface area contributed by atoms with Crippen LogP contribution in [0.3, 0.4) is 0 Å². The Morgan fingerprint density at radius 2 is 1.68 bits per heavy atom. The maximum Gasteiger partial charge on any atom is 0.297 e. The summed E-state index contributed by atoms with van der Waals surface area (Å²) < 4.78 is 57.8. The fourth-order valence-electron chi connectivity index (χ4n) is 3.30. The van der Waals surface area contributed by atoms with Crippen LogP contribution >= 0.6 is 0 Å². The molecule has 0 heterocycles. The molecule has 1 aliphatic rings. The van der Waals surface area contributed by atoms with Crippen molar-refractivity contribution in [2.75, 3.05) is 0 Å². The third-order valence-corrected chi connectivity index (χ3v) is 6.21. The third kappa shape index (κ3) is 3.33. The molecule has 0 N–H and O–H groups in total. The first kappa shape index (κ1) is 18.0. The first-order chi connectivity index (χ1) is 11.6. The van der Waals surface area contributed by atoms with Crippen molar-refractivity contribution in [3.63, 3.8) is 0 Å². The second-order valence-corrected chi connectivity index (χ2v) is 8.61. The van der Waals surface area contributed by atoms with Crippen LogP contribution in [0.15, 0.2) is 41.3 Å². The van der Waals surface area contributed by atoms with Gasteiger partial charge in [-0.25, -0.2) is 8.78 Å². The Labute approximate surface area is 146 Å². The summed E-state index contributed by atoms with van der Waals surface area (Å²) in [5, 5.41) is 0. The summed E-state index contributed by atoms with van der Waals surface area (Å²) in [4.78, 5) is 0.0879. The van der Waals surface area contributed by atoms with Crippen LogP contribution in [0.4, 0.5) is 8.78 Å². The van der Waals surface area contributed by atoms with E-state index in [4.69, 9.17) is 4.18 Å². The van der Waals surface area contributed by atoms with E-state index < -0.39 is 33.3 Å². The second kappa shape index (κ2) is 6.18. The lowest BCUT2D eigenvalue weighted by atomic mass is 9.70. The lowest BCUT2D eigenvalue weighted by molar-refractivity contribution is 0.113. The Balaban J connectivity index is 1.93. The highest BCUT2D eigenvalue weighted by molar-refractivity contribution is 7.86. The predicted octanol–water partition coefficient (Wildman–Crippen LogP) is 4.27. The molecular weight excluding hydrogens is 346 g/mol. The highest BCUT2D eigenvalue weighted by Gasteiger charge is 2.41.